The molecule has 0 atom stereocenters. The maximum atomic E-state index is 12.5. The summed E-state index contributed by atoms with van der Waals surface area (Å²) in [5.41, 5.74) is 2.36. The van der Waals surface area contributed by atoms with Crippen LogP contribution in [-0.2, 0) is 26.3 Å². The number of hydrogen-bond donors (Lipinski definition) is 2. The Morgan fingerprint density at radius 1 is 0.970 bits per heavy atom. The van der Waals surface area contributed by atoms with E-state index in [0.29, 0.717) is 28.0 Å². The second-order valence-electron chi connectivity index (χ2n) is 7.63. The predicted octanol–water partition coefficient (Wildman–Crippen LogP) is 2.74. The number of aromatic nitrogens is 2. The summed E-state index contributed by atoms with van der Waals surface area (Å²) in [5.74, 6) is 0.759. The van der Waals surface area contributed by atoms with E-state index < -0.39 is 25.1 Å². The molecule has 0 aliphatic rings. The Labute approximate surface area is 237 Å². The molecular formula is C21H26KN4O5S2. The molecule has 0 amide bonds. The fourth-order valence-corrected chi connectivity index (χ4v) is 4.09. The molecule has 0 aliphatic carbocycles. The van der Waals surface area contributed by atoms with Gasteiger partial charge in [0.05, 0.1) is 29.1 Å². The van der Waals surface area contributed by atoms with E-state index in [1.807, 2.05) is 6.07 Å². The molecule has 0 spiro atoms. The number of anilines is 3. The van der Waals surface area contributed by atoms with E-state index in [1.54, 1.807) is 50.2 Å². The molecule has 2 N–H and O–H groups in total. The van der Waals surface area contributed by atoms with Crippen molar-refractivity contribution in [2.24, 2.45) is 0 Å². The molecule has 0 unspecified atom stereocenters. The van der Waals surface area contributed by atoms with Gasteiger partial charge in [0, 0.05) is 69.4 Å². The van der Waals surface area contributed by atoms with Crippen LogP contribution in [0, 0.1) is 0 Å². The van der Waals surface area contributed by atoms with Crippen LogP contribution in [0.5, 0.6) is 5.75 Å². The van der Waals surface area contributed by atoms with Gasteiger partial charge in [-0.1, -0.05) is 18.2 Å². The molecule has 3 rings (SSSR count). The van der Waals surface area contributed by atoms with E-state index >= 15 is 0 Å². The van der Waals surface area contributed by atoms with E-state index in [-0.39, 0.29) is 75.2 Å². The number of aryl methyl sites for hydroxylation is 1. The summed E-state index contributed by atoms with van der Waals surface area (Å²) >= 11 is 0. The van der Waals surface area contributed by atoms with Crippen LogP contribution in [0.4, 0.5) is 17.3 Å². The average molecular weight is 518 g/mol. The molecule has 0 saturated heterocycles. The van der Waals surface area contributed by atoms with Crippen LogP contribution < -0.4 is 14.8 Å². The molecular weight excluding hydrogens is 491 g/mol. The van der Waals surface area contributed by atoms with E-state index in [9.17, 15) is 16.8 Å². The second kappa shape index (κ2) is 11.4. The molecule has 0 fully saturated rings. The van der Waals surface area contributed by atoms with Crippen molar-refractivity contribution < 1.29 is 21.6 Å². The van der Waals surface area contributed by atoms with Crippen LogP contribution in [0.1, 0.15) is 19.4 Å². The third kappa shape index (κ3) is 7.60. The molecule has 173 valence electrons. The van der Waals surface area contributed by atoms with Gasteiger partial charge < -0.3 is 10.1 Å². The first-order valence-corrected chi connectivity index (χ1v) is 13.5. The summed E-state index contributed by atoms with van der Waals surface area (Å²) < 4.78 is 56.2. The number of rotatable bonds is 9. The summed E-state index contributed by atoms with van der Waals surface area (Å²) in [6.45, 7) is 3.13. The van der Waals surface area contributed by atoms with Gasteiger partial charge in [0.2, 0.25) is 10.0 Å². The maximum absolute atomic E-state index is 12.5. The van der Waals surface area contributed by atoms with Crippen molar-refractivity contribution in [2.75, 3.05) is 29.2 Å². The van der Waals surface area contributed by atoms with E-state index in [4.69, 9.17) is 4.74 Å². The van der Waals surface area contributed by atoms with Crippen molar-refractivity contribution in [3.05, 3.63) is 48.0 Å². The third-order valence-electron chi connectivity index (χ3n) is 4.74. The molecule has 3 aromatic rings. The van der Waals surface area contributed by atoms with Gasteiger partial charge in [0.1, 0.15) is 15.6 Å². The van der Waals surface area contributed by atoms with Crippen LogP contribution in [0.15, 0.2) is 42.5 Å². The Hall–Kier alpha value is -1.28. The topological polar surface area (TPSA) is 127 Å². The molecule has 1 aromatic heterocycles. The molecule has 2 aromatic carbocycles. The standard InChI is InChI=1S/C21H26N4O5S2.K/c1-14(2)32(28,29)25-21-20(22-17-7-5-6-8-18(17)23-21)24-19-13-16(30-3)10-9-15(19)11-12-31(4,26)27;/h5-10,13-14H,11-12H2,1-4H3,(H,22,24)(H,23,25);. The monoisotopic (exact) mass is 517 g/mol. The number of benzene rings is 2. The van der Waals surface area contributed by atoms with Gasteiger partial charge in [-0.25, -0.2) is 26.8 Å². The Morgan fingerprint density at radius 2 is 1.58 bits per heavy atom. The summed E-state index contributed by atoms with van der Waals surface area (Å²) in [6, 6.07) is 12.3. The number of para-hydroxylation sites is 2. The van der Waals surface area contributed by atoms with Crippen LogP contribution in [0.25, 0.3) is 11.0 Å². The number of ether oxygens (including phenoxy) is 1. The fraction of sp³-hybridized carbons (Fsp3) is 0.333. The minimum Gasteiger partial charge on any atom is -0.497 e. The number of nitrogens with one attached hydrogen (secondary N) is 2. The van der Waals surface area contributed by atoms with Crippen LogP contribution in [0.3, 0.4) is 0 Å². The van der Waals surface area contributed by atoms with Gasteiger partial charge in [0.25, 0.3) is 0 Å². The summed E-state index contributed by atoms with van der Waals surface area (Å²) in [4.78, 5) is 9.01. The SMILES string of the molecule is COc1ccc(CCS(C)(=O)=O)c(Nc2nc3ccccc3nc2NS(=O)(=O)C(C)C)c1.[K]. The first-order valence-electron chi connectivity index (χ1n) is 9.88. The normalized spacial score (nSPS) is 11.8. The molecule has 0 bridgehead atoms. The molecule has 0 aliphatic heterocycles. The first-order chi connectivity index (χ1) is 15.0. The molecule has 0 saturated carbocycles. The minimum absolute atomic E-state index is 0. The Morgan fingerprint density at radius 3 is 2.12 bits per heavy atom. The van der Waals surface area contributed by atoms with Crippen molar-refractivity contribution in [3.63, 3.8) is 0 Å². The van der Waals surface area contributed by atoms with Gasteiger partial charge in [-0.2, -0.15) is 0 Å². The van der Waals surface area contributed by atoms with Crippen LogP contribution in [-0.4, -0.2) is 103 Å². The Balaban J connectivity index is 0.00000385. The van der Waals surface area contributed by atoms with Crippen molar-refractivity contribution in [3.8, 4) is 5.75 Å². The van der Waals surface area contributed by atoms with Crippen molar-refractivity contribution >= 4 is 99.6 Å². The van der Waals surface area contributed by atoms with Gasteiger partial charge in [-0.3, -0.25) is 4.72 Å². The molecule has 12 heteroatoms. The zero-order valence-electron chi connectivity index (χ0n) is 19.3. The molecule has 9 nitrogen and oxygen atoms in total. The van der Waals surface area contributed by atoms with Crippen LogP contribution in [0.2, 0.25) is 0 Å². The first kappa shape index (κ1) is 28.0. The third-order valence-corrected chi connectivity index (χ3v) is 7.41. The van der Waals surface area contributed by atoms with Gasteiger partial charge >= 0.3 is 0 Å². The predicted molar refractivity (Wildman–Crippen MR) is 133 cm³/mol. The van der Waals surface area contributed by atoms with Crippen molar-refractivity contribution in [2.45, 2.75) is 25.5 Å². The summed E-state index contributed by atoms with van der Waals surface area (Å²) in [5, 5.41) is 2.46. The summed E-state index contributed by atoms with van der Waals surface area (Å²) in [7, 11) is -5.34. The number of sulfone groups is 1. The molecule has 1 radical (unpaired) electrons. The fourth-order valence-electron chi connectivity index (χ4n) is 2.85. The molecule has 1 heterocycles. The van der Waals surface area contributed by atoms with Gasteiger partial charge in [0.15, 0.2) is 11.6 Å². The average Bonchev–Trinajstić information content (AvgIpc) is 2.72. The zero-order chi connectivity index (χ0) is 23.5. The van der Waals surface area contributed by atoms with Gasteiger partial charge in [-0.05, 0) is 44.0 Å². The van der Waals surface area contributed by atoms with Crippen molar-refractivity contribution in [1.82, 2.24) is 9.97 Å². The Kier molecular flexibility index (Phi) is 9.68. The second-order valence-corrected chi connectivity index (χ2v) is 12.1. The summed E-state index contributed by atoms with van der Waals surface area (Å²) in [6.07, 6.45) is 1.44. The largest absolute Gasteiger partial charge is 0.497 e. The smallest absolute Gasteiger partial charge is 0.236 e. The van der Waals surface area contributed by atoms with E-state index in [1.165, 1.54) is 13.4 Å². The number of methoxy groups -OCH3 is 1. The minimum atomic E-state index is -3.68. The van der Waals surface area contributed by atoms with E-state index in [2.05, 4.69) is 20.0 Å². The number of nitrogens with zero attached hydrogens (tertiary/aromatic N) is 2. The van der Waals surface area contributed by atoms with E-state index in [0.717, 1.165) is 0 Å². The Bertz CT molecular complexity index is 1350. The quantitative estimate of drug-likeness (QED) is 0.415. The number of sulfonamides is 1. The number of hydrogen-bond acceptors (Lipinski definition) is 8. The van der Waals surface area contributed by atoms with Gasteiger partial charge in [-0.15, -0.1) is 0 Å². The van der Waals surface area contributed by atoms with Crippen LogP contribution >= 0.6 is 0 Å². The maximum Gasteiger partial charge on any atom is 0.236 e. The zero-order valence-corrected chi connectivity index (χ0v) is 24.0. The van der Waals surface area contributed by atoms with Crippen molar-refractivity contribution in [1.29, 1.82) is 0 Å². The number of fused-ring (bicyclic) bond motifs is 1. The molecule has 33 heavy (non-hydrogen) atoms.